The lowest BCUT2D eigenvalue weighted by molar-refractivity contribution is -0.0357. The number of carbonyl (C=O) groups is 1. The van der Waals surface area contributed by atoms with Gasteiger partial charge in [0.1, 0.15) is 0 Å². The van der Waals surface area contributed by atoms with Crippen LogP contribution in [-0.2, 0) is 14.9 Å². The van der Waals surface area contributed by atoms with E-state index in [4.69, 9.17) is 9.94 Å². The second-order valence-corrected chi connectivity index (χ2v) is 6.28. The van der Waals surface area contributed by atoms with E-state index in [9.17, 15) is 13.2 Å². The fourth-order valence-electron chi connectivity index (χ4n) is 1.02. The molecule has 1 aromatic rings. The number of carboxylic acid groups (broad SMARTS) is 1. The standard InChI is InChI=1S/C11H15NO5S/c1-11(2,3)17-12-18(15,16)9-6-4-5-8(7-9)10(13)14/h4-7,12H,1-3H3,(H,13,14). The van der Waals surface area contributed by atoms with E-state index in [1.54, 1.807) is 20.8 Å². The van der Waals surface area contributed by atoms with Gasteiger partial charge in [-0.3, -0.25) is 4.84 Å². The number of rotatable bonds is 4. The first kappa shape index (κ1) is 14.6. The SMILES string of the molecule is CC(C)(C)ONS(=O)(=O)c1cccc(C(=O)O)c1. The van der Waals surface area contributed by atoms with Crippen LogP contribution in [0.4, 0.5) is 0 Å². The van der Waals surface area contributed by atoms with Crippen LogP contribution in [0.1, 0.15) is 31.1 Å². The fourth-order valence-corrected chi connectivity index (χ4v) is 2.02. The predicted molar refractivity (Wildman–Crippen MR) is 64.6 cm³/mol. The number of hydrogen-bond donors (Lipinski definition) is 2. The van der Waals surface area contributed by atoms with E-state index in [1.165, 1.54) is 18.2 Å². The van der Waals surface area contributed by atoms with Gasteiger partial charge in [-0.1, -0.05) is 11.0 Å². The zero-order valence-corrected chi connectivity index (χ0v) is 11.1. The molecule has 0 bridgehead atoms. The summed E-state index contributed by atoms with van der Waals surface area (Å²) in [7, 11) is -3.89. The number of sulfonamides is 1. The fraction of sp³-hybridized carbons (Fsp3) is 0.364. The molecule has 0 aliphatic heterocycles. The minimum absolute atomic E-state index is 0.103. The average Bonchev–Trinajstić information content (AvgIpc) is 2.26. The normalized spacial score (nSPS) is 12.4. The van der Waals surface area contributed by atoms with Gasteiger partial charge in [-0.25, -0.2) is 13.2 Å². The molecule has 2 N–H and O–H groups in total. The lowest BCUT2D eigenvalue weighted by Gasteiger charge is -2.19. The Hall–Kier alpha value is -1.44. The van der Waals surface area contributed by atoms with Gasteiger partial charge in [0.25, 0.3) is 10.0 Å². The molecule has 0 saturated carbocycles. The molecule has 0 atom stereocenters. The predicted octanol–water partition coefficient (Wildman–Crippen LogP) is 1.39. The Morgan fingerprint density at radius 3 is 2.44 bits per heavy atom. The minimum Gasteiger partial charge on any atom is -0.478 e. The van der Waals surface area contributed by atoms with Gasteiger partial charge in [0.15, 0.2) is 0 Å². The summed E-state index contributed by atoms with van der Waals surface area (Å²) in [6, 6.07) is 5.03. The maximum atomic E-state index is 11.8. The third kappa shape index (κ3) is 4.10. The average molecular weight is 273 g/mol. The Morgan fingerprint density at radius 2 is 1.94 bits per heavy atom. The number of aromatic carboxylic acids is 1. The van der Waals surface area contributed by atoms with Crippen LogP contribution in [0, 0.1) is 0 Å². The van der Waals surface area contributed by atoms with Crippen molar-refractivity contribution in [3.63, 3.8) is 0 Å². The van der Waals surface area contributed by atoms with Crippen molar-refractivity contribution in [3.8, 4) is 0 Å². The maximum absolute atomic E-state index is 11.8. The summed E-state index contributed by atoms with van der Waals surface area (Å²) < 4.78 is 23.6. The van der Waals surface area contributed by atoms with Gasteiger partial charge >= 0.3 is 5.97 Å². The number of benzene rings is 1. The van der Waals surface area contributed by atoms with Crippen LogP contribution < -0.4 is 4.89 Å². The number of carboxylic acids is 1. The zero-order valence-electron chi connectivity index (χ0n) is 10.3. The molecule has 0 spiro atoms. The lowest BCUT2D eigenvalue weighted by atomic mass is 10.2. The Kier molecular flexibility index (Phi) is 4.10. The maximum Gasteiger partial charge on any atom is 0.335 e. The molecule has 18 heavy (non-hydrogen) atoms. The highest BCUT2D eigenvalue weighted by molar-refractivity contribution is 7.89. The molecule has 0 aliphatic carbocycles. The summed E-state index contributed by atoms with van der Waals surface area (Å²) in [5.41, 5.74) is -0.786. The van der Waals surface area contributed by atoms with Gasteiger partial charge in [0, 0.05) is 0 Å². The van der Waals surface area contributed by atoms with Gasteiger partial charge in [-0.2, -0.15) is 0 Å². The first-order valence-electron chi connectivity index (χ1n) is 5.15. The molecule has 0 radical (unpaired) electrons. The third-order valence-electron chi connectivity index (χ3n) is 1.85. The van der Waals surface area contributed by atoms with Crippen molar-refractivity contribution in [2.75, 3.05) is 0 Å². The van der Waals surface area contributed by atoms with Gasteiger partial charge in [0.05, 0.1) is 16.1 Å². The van der Waals surface area contributed by atoms with Crippen molar-refractivity contribution in [2.24, 2.45) is 0 Å². The van der Waals surface area contributed by atoms with Crippen LogP contribution in [0.2, 0.25) is 0 Å². The van der Waals surface area contributed by atoms with E-state index in [-0.39, 0.29) is 10.5 Å². The van der Waals surface area contributed by atoms with Gasteiger partial charge in [0.2, 0.25) is 0 Å². The van der Waals surface area contributed by atoms with Crippen LogP contribution in [0.15, 0.2) is 29.2 Å². The summed E-state index contributed by atoms with van der Waals surface area (Å²) in [6.45, 7) is 5.05. The molecule has 1 aromatic carbocycles. The van der Waals surface area contributed by atoms with Crippen LogP contribution in [0.5, 0.6) is 0 Å². The van der Waals surface area contributed by atoms with E-state index in [1.807, 2.05) is 4.89 Å². The van der Waals surface area contributed by atoms with E-state index >= 15 is 0 Å². The molecule has 7 heteroatoms. The molecule has 0 heterocycles. The quantitative estimate of drug-likeness (QED) is 0.809. The number of nitrogens with one attached hydrogen (secondary N) is 1. The molecule has 0 aliphatic rings. The minimum atomic E-state index is -3.89. The highest BCUT2D eigenvalue weighted by atomic mass is 32.2. The largest absolute Gasteiger partial charge is 0.478 e. The van der Waals surface area contributed by atoms with E-state index < -0.39 is 21.6 Å². The first-order chi connectivity index (χ1) is 8.12. The van der Waals surface area contributed by atoms with Crippen molar-refractivity contribution < 1.29 is 23.2 Å². The summed E-state index contributed by atoms with van der Waals surface area (Å²) in [4.78, 5) is 17.5. The first-order valence-corrected chi connectivity index (χ1v) is 6.63. The van der Waals surface area contributed by atoms with E-state index in [0.29, 0.717) is 0 Å². The summed E-state index contributed by atoms with van der Waals surface area (Å²) in [6.07, 6.45) is 0. The Bertz CT molecular complexity index is 545. The van der Waals surface area contributed by atoms with E-state index in [2.05, 4.69) is 0 Å². The van der Waals surface area contributed by atoms with Gasteiger partial charge in [-0.05, 0) is 39.0 Å². The van der Waals surface area contributed by atoms with Crippen molar-refractivity contribution in [2.45, 2.75) is 31.3 Å². The molecule has 0 unspecified atom stereocenters. The van der Waals surface area contributed by atoms with Crippen LogP contribution in [0.3, 0.4) is 0 Å². The van der Waals surface area contributed by atoms with E-state index in [0.717, 1.165) is 6.07 Å². The molecule has 0 saturated heterocycles. The zero-order chi connectivity index (χ0) is 14.0. The lowest BCUT2D eigenvalue weighted by Crippen LogP contribution is -2.33. The third-order valence-corrected chi connectivity index (χ3v) is 3.03. The van der Waals surface area contributed by atoms with Gasteiger partial charge < -0.3 is 5.11 Å². The Balaban J connectivity index is 2.99. The molecule has 1 rings (SSSR count). The highest BCUT2D eigenvalue weighted by Crippen LogP contribution is 2.13. The molecule has 0 amide bonds. The molecular weight excluding hydrogens is 258 g/mol. The van der Waals surface area contributed by atoms with Crippen molar-refractivity contribution in [1.82, 2.24) is 4.89 Å². The Morgan fingerprint density at radius 1 is 1.33 bits per heavy atom. The topological polar surface area (TPSA) is 92.7 Å². The summed E-state index contributed by atoms with van der Waals surface area (Å²) in [5, 5.41) is 8.79. The van der Waals surface area contributed by atoms with Crippen LogP contribution >= 0.6 is 0 Å². The summed E-state index contributed by atoms with van der Waals surface area (Å²) in [5.74, 6) is -1.19. The van der Waals surface area contributed by atoms with Crippen molar-refractivity contribution in [1.29, 1.82) is 0 Å². The molecule has 100 valence electrons. The second-order valence-electron chi connectivity index (χ2n) is 4.63. The molecule has 0 aromatic heterocycles. The van der Waals surface area contributed by atoms with Crippen molar-refractivity contribution >= 4 is 16.0 Å². The van der Waals surface area contributed by atoms with Crippen LogP contribution in [0.25, 0.3) is 0 Å². The van der Waals surface area contributed by atoms with Gasteiger partial charge in [-0.15, -0.1) is 0 Å². The Labute approximate surface area is 106 Å². The second kappa shape index (κ2) is 5.05. The highest BCUT2D eigenvalue weighted by Gasteiger charge is 2.20. The molecular formula is C11H15NO5S. The number of hydrogen-bond acceptors (Lipinski definition) is 4. The van der Waals surface area contributed by atoms with Crippen molar-refractivity contribution in [3.05, 3.63) is 29.8 Å². The van der Waals surface area contributed by atoms with Crippen LogP contribution in [-0.4, -0.2) is 25.1 Å². The summed E-state index contributed by atoms with van der Waals surface area (Å²) >= 11 is 0. The monoisotopic (exact) mass is 273 g/mol. The smallest absolute Gasteiger partial charge is 0.335 e. The molecule has 6 nitrogen and oxygen atoms in total. The molecule has 0 fully saturated rings.